The smallest absolute Gasteiger partial charge is 0.329 e. The summed E-state index contributed by atoms with van der Waals surface area (Å²) in [6.45, 7) is 2.54. The van der Waals surface area contributed by atoms with E-state index in [0.717, 1.165) is 18.2 Å². The molecule has 0 aliphatic heterocycles. The monoisotopic (exact) mass is 314 g/mol. The Balaban J connectivity index is 2.89. The Bertz CT molecular complexity index is 570. The van der Waals surface area contributed by atoms with Crippen molar-refractivity contribution < 1.29 is 27.9 Å². The van der Waals surface area contributed by atoms with Crippen molar-refractivity contribution in [1.82, 2.24) is 5.32 Å². The molecule has 22 heavy (non-hydrogen) atoms. The largest absolute Gasteiger partial charge is 0.454 e. The van der Waals surface area contributed by atoms with E-state index in [-0.39, 0.29) is 0 Å². The fourth-order valence-corrected chi connectivity index (χ4v) is 1.66. The Morgan fingerprint density at radius 3 is 2.23 bits per heavy atom. The summed E-state index contributed by atoms with van der Waals surface area (Å²) in [6.07, 6.45) is 0. The van der Waals surface area contributed by atoms with Crippen molar-refractivity contribution in [2.45, 2.75) is 19.9 Å². The number of nitrogens with two attached hydrogens (primary N) is 1. The number of hydrogen-bond donors (Lipinski definition) is 2. The van der Waals surface area contributed by atoms with Crippen LogP contribution in [0.15, 0.2) is 18.2 Å². The number of carbonyl (C=O) groups excluding carboxylic acids is 3. The van der Waals surface area contributed by atoms with Gasteiger partial charge in [0.25, 0.3) is 11.8 Å². The van der Waals surface area contributed by atoms with Crippen molar-refractivity contribution >= 4 is 17.8 Å². The number of amides is 2. The summed E-state index contributed by atoms with van der Waals surface area (Å²) < 4.78 is 31.7. The molecule has 0 saturated heterocycles. The summed E-state index contributed by atoms with van der Waals surface area (Å²) in [5.74, 6) is -5.40. The van der Waals surface area contributed by atoms with Gasteiger partial charge in [0.2, 0.25) is 0 Å². The zero-order chi connectivity index (χ0) is 16.9. The maximum atomic E-state index is 13.5. The van der Waals surface area contributed by atoms with Crippen LogP contribution in [-0.2, 0) is 14.3 Å². The predicted molar refractivity (Wildman–Crippen MR) is 72.6 cm³/mol. The first kappa shape index (κ1) is 17.5. The molecule has 0 radical (unpaired) electrons. The van der Waals surface area contributed by atoms with E-state index < -0.39 is 53.5 Å². The minimum absolute atomic E-state index is 0.431. The fourth-order valence-electron chi connectivity index (χ4n) is 1.66. The summed E-state index contributed by atoms with van der Waals surface area (Å²) >= 11 is 0. The number of primary amides is 1. The van der Waals surface area contributed by atoms with Crippen LogP contribution in [0, 0.1) is 17.6 Å². The molecule has 0 bridgehead atoms. The Hall–Kier alpha value is -2.51. The molecular weight excluding hydrogens is 298 g/mol. The van der Waals surface area contributed by atoms with Crippen LogP contribution >= 0.6 is 0 Å². The average Bonchev–Trinajstić information content (AvgIpc) is 2.41. The highest BCUT2D eigenvalue weighted by Crippen LogP contribution is 2.13. The Kier molecular flexibility index (Phi) is 5.97. The molecule has 1 aromatic carbocycles. The highest BCUT2D eigenvalue weighted by Gasteiger charge is 2.28. The van der Waals surface area contributed by atoms with E-state index in [1.165, 1.54) is 0 Å². The van der Waals surface area contributed by atoms with Crippen LogP contribution in [0.25, 0.3) is 0 Å². The normalized spacial score (nSPS) is 11.9. The van der Waals surface area contributed by atoms with E-state index in [1.807, 2.05) is 0 Å². The van der Waals surface area contributed by atoms with E-state index in [0.29, 0.717) is 0 Å². The zero-order valence-corrected chi connectivity index (χ0v) is 12.1. The molecule has 1 atom stereocenters. The van der Waals surface area contributed by atoms with E-state index in [1.54, 1.807) is 13.8 Å². The van der Waals surface area contributed by atoms with E-state index in [2.05, 4.69) is 10.1 Å². The first-order chi connectivity index (χ1) is 10.2. The average molecular weight is 314 g/mol. The van der Waals surface area contributed by atoms with Crippen molar-refractivity contribution in [2.75, 3.05) is 6.61 Å². The molecule has 0 unspecified atom stereocenters. The second-order valence-electron chi connectivity index (χ2n) is 4.87. The number of rotatable bonds is 6. The number of ether oxygens (including phenoxy) is 1. The van der Waals surface area contributed by atoms with Crippen LogP contribution in [0.3, 0.4) is 0 Å². The summed E-state index contributed by atoms with van der Waals surface area (Å²) in [4.78, 5) is 34.3. The van der Waals surface area contributed by atoms with Gasteiger partial charge in [-0.25, -0.2) is 13.6 Å². The molecule has 3 N–H and O–H groups in total. The molecule has 0 heterocycles. The minimum atomic E-state index is -1.18. The van der Waals surface area contributed by atoms with Gasteiger partial charge in [0.15, 0.2) is 6.61 Å². The highest BCUT2D eigenvalue weighted by atomic mass is 19.1. The van der Waals surface area contributed by atoms with E-state index in [9.17, 15) is 23.2 Å². The molecule has 0 aromatic heterocycles. The van der Waals surface area contributed by atoms with Gasteiger partial charge in [-0.15, -0.1) is 0 Å². The standard InChI is InChI=1S/C14H16F2N2O4/c1-7(2)12(14(21)22-6-10(17)19)18-13(20)11-8(15)4-3-5-9(11)16/h3-5,7,12H,6H2,1-2H3,(H2,17,19)(H,18,20)/t12-/m0/s1. The zero-order valence-electron chi connectivity index (χ0n) is 12.1. The Labute approximate surface area is 125 Å². The van der Waals surface area contributed by atoms with E-state index in [4.69, 9.17) is 5.73 Å². The van der Waals surface area contributed by atoms with Gasteiger partial charge < -0.3 is 15.8 Å². The molecule has 0 aliphatic carbocycles. The molecule has 120 valence electrons. The van der Waals surface area contributed by atoms with Crippen LogP contribution in [0.1, 0.15) is 24.2 Å². The number of carbonyl (C=O) groups is 3. The number of benzene rings is 1. The molecule has 1 aromatic rings. The molecule has 0 spiro atoms. The van der Waals surface area contributed by atoms with Gasteiger partial charge in [0.05, 0.1) is 0 Å². The maximum Gasteiger partial charge on any atom is 0.329 e. The first-order valence-corrected chi connectivity index (χ1v) is 6.43. The van der Waals surface area contributed by atoms with Crippen molar-refractivity contribution in [2.24, 2.45) is 11.7 Å². The van der Waals surface area contributed by atoms with Crippen LogP contribution in [0.2, 0.25) is 0 Å². The van der Waals surface area contributed by atoms with Crippen LogP contribution in [-0.4, -0.2) is 30.4 Å². The maximum absolute atomic E-state index is 13.5. The molecule has 1 rings (SSSR count). The number of nitrogens with one attached hydrogen (secondary N) is 1. The van der Waals surface area contributed by atoms with Gasteiger partial charge in [-0.3, -0.25) is 9.59 Å². The predicted octanol–water partition coefficient (Wildman–Crippen LogP) is 0.748. The molecule has 8 heteroatoms. The topological polar surface area (TPSA) is 98.5 Å². The van der Waals surface area contributed by atoms with Crippen molar-refractivity contribution in [3.8, 4) is 0 Å². The SMILES string of the molecule is CC(C)[C@H](NC(=O)c1c(F)cccc1F)C(=O)OCC(N)=O. The van der Waals surface area contributed by atoms with Gasteiger partial charge in [-0.05, 0) is 18.1 Å². The number of esters is 1. The van der Waals surface area contributed by atoms with Crippen LogP contribution in [0.5, 0.6) is 0 Å². The molecule has 6 nitrogen and oxygen atoms in total. The van der Waals surface area contributed by atoms with Crippen LogP contribution < -0.4 is 11.1 Å². The molecule has 0 aliphatic rings. The summed E-state index contributed by atoms with van der Waals surface area (Å²) in [7, 11) is 0. The quantitative estimate of drug-likeness (QED) is 0.757. The first-order valence-electron chi connectivity index (χ1n) is 6.43. The van der Waals surface area contributed by atoms with Crippen LogP contribution in [0.4, 0.5) is 8.78 Å². The lowest BCUT2D eigenvalue weighted by Gasteiger charge is -2.20. The summed E-state index contributed by atoms with van der Waals surface area (Å²) in [6, 6.07) is 1.79. The molecule has 2 amide bonds. The fraction of sp³-hybridized carbons (Fsp3) is 0.357. The lowest BCUT2D eigenvalue weighted by atomic mass is 10.0. The van der Waals surface area contributed by atoms with Gasteiger partial charge in [-0.1, -0.05) is 19.9 Å². The van der Waals surface area contributed by atoms with Crippen molar-refractivity contribution in [3.63, 3.8) is 0 Å². The molecular formula is C14H16F2N2O4. The third kappa shape index (κ3) is 4.51. The van der Waals surface area contributed by atoms with Crippen molar-refractivity contribution in [1.29, 1.82) is 0 Å². The molecule has 0 saturated carbocycles. The highest BCUT2D eigenvalue weighted by molar-refractivity contribution is 5.97. The van der Waals surface area contributed by atoms with Gasteiger partial charge in [0.1, 0.15) is 23.2 Å². The lowest BCUT2D eigenvalue weighted by Crippen LogP contribution is -2.46. The van der Waals surface area contributed by atoms with E-state index >= 15 is 0 Å². The Morgan fingerprint density at radius 2 is 1.77 bits per heavy atom. The van der Waals surface area contributed by atoms with Crippen molar-refractivity contribution in [3.05, 3.63) is 35.4 Å². The number of halogens is 2. The third-order valence-corrected chi connectivity index (χ3v) is 2.75. The summed E-state index contributed by atoms with van der Waals surface area (Å²) in [5, 5.41) is 2.19. The van der Waals surface area contributed by atoms with Gasteiger partial charge >= 0.3 is 5.97 Å². The van der Waals surface area contributed by atoms with Gasteiger partial charge in [0, 0.05) is 0 Å². The minimum Gasteiger partial charge on any atom is -0.454 e. The second-order valence-corrected chi connectivity index (χ2v) is 4.87. The summed E-state index contributed by atoms with van der Waals surface area (Å²) in [5.41, 5.74) is 4.05. The lowest BCUT2D eigenvalue weighted by molar-refractivity contribution is -0.150. The Morgan fingerprint density at radius 1 is 1.23 bits per heavy atom. The second kappa shape index (κ2) is 7.48. The van der Waals surface area contributed by atoms with Gasteiger partial charge in [-0.2, -0.15) is 0 Å². The number of hydrogen-bond acceptors (Lipinski definition) is 4. The third-order valence-electron chi connectivity index (χ3n) is 2.75. The molecule has 0 fully saturated rings.